The molecule has 1 aromatic heterocycles. The number of carbonyl (C=O) groups excluding carboxylic acids is 2. The first-order chi connectivity index (χ1) is 17.7. The van der Waals surface area contributed by atoms with Gasteiger partial charge in [-0.3, -0.25) is 9.59 Å². The van der Waals surface area contributed by atoms with Crippen molar-refractivity contribution in [2.75, 3.05) is 20.3 Å². The molecule has 0 spiro atoms. The highest BCUT2D eigenvalue weighted by atomic mass is 35.5. The lowest BCUT2D eigenvalue weighted by molar-refractivity contribution is -0.139. The first-order valence-corrected chi connectivity index (χ1v) is 13.0. The second-order valence-electron chi connectivity index (χ2n) is 7.96. The number of hydrogen-bond donors (Lipinski definition) is 2. The number of halogens is 1. The Bertz CT molecular complexity index is 1340. The number of furan rings is 1. The Morgan fingerprint density at radius 1 is 1.03 bits per heavy atom. The fraction of sp³-hybridized carbons (Fsp3) is 0.240. The topological polar surface area (TPSA) is 130 Å². The molecule has 0 unspecified atom stereocenters. The van der Waals surface area contributed by atoms with Gasteiger partial charge in [-0.2, -0.15) is 9.41 Å². The lowest BCUT2D eigenvalue weighted by atomic mass is 10.1. The molecule has 0 aliphatic rings. The fourth-order valence-corrected chi connectivity index (χ4v) is 4.67. The molecule has 0 fully saturated rings. The van der Waals surface area contributed by atoms with E-state index in [1.165, 1.54) is 41.9 Å². The lowest BCUT2D eigenvalue weighted by Crippen LogP contribution is -2.39. The first kappa shape index (κ1) is 28.1. The fourth-order valence-electron chi connectivity index (χ4n) is 3.15. The van der Waals surface area contributed by atoms with Crippen LogP contribution in [0.1, 0.15) is 22.6 Å². The number of sulfonamides is 1. The van der Waals surface area contributed by atoms with E-state index in [9.17, 15) is 18.0 Å². The maximum Gasteiger partial charge on any atom is 0.329 e. The standard InChI is InChI=1S/C25H27ClN4O6S/c1-18-3-5-19(6-4-18)16-30(37(33,34)23-11-7-20(26)8-12-23)17-22-10-9-21(36-22)15-28-29-25(32)24(31)27-13-14-35-2/h3-12,15H,13-14,16-17H2,1-2H3,(H,27,31)(H,29,32)/b28-15+. The number of nitrogens with one attached hydrogen (secondary N) is 2. The Balaban J connectivity index is 1.72. The molecule has 0 bridgehead atoms. The molecule has 10 nitrogen and oxygen atoms in total. The molecule has 196 valence electrons. The van der Waals surface area contributed by atoms with Gasteiger partial charge in [0.15, 0.2) is 0 Å². The van der Waals surface area contributed by atoms with Crippen molar-refractivity contribution in [3.8, 4) is 0 Å². The van der Waals surface area contributed by atoms with Crippen LogP contribution in [0.3, 0.4) is 0 Å². The van der Waals surface area contributed by atoms with Crippen LogP contribution >= 0.6 is 11.6 Å². The van der Waals surface area contributed by atoms with Crippen molar-refractivity contribution >= 4 is 39.7 Å². The van der Waals surface area contributed by atoms with Crippen LogP contribution in [-0.4, -0.2) is 51.0 Å². The van der Waals surface area contributed by atoms with Crippen LogP contribution in [0.2, 0.25) is 5.02 Å². The quantitative estimate of drug-likeness (QED) is 0.165. The van der Waals surface area contributed by atoms with E-state index in [2.05, 4.69) is 15.8 Å². The SMILES string of the molecule is COCCNC(=O)C(=O)N/N=C/c1ccc(CN(Cc2ccc(C)cc2)S(=O)(=O)c2ccc(Cl)cc2)o1. The number of methoxy groups -OCH3 is 1. The molecule has 2 amide bonds. The summed E-state index contributed by atoms with van der Waals surface area (Å²) in [6.07, 6.45) is 1.21. The molecule has 0 aliphatic carbocycles. The van der Waals surface area contributed by atoms with Crippen molar-refractivity contribution in [3.05, 3.63) is 88.3 Å². The average Bonchev–Trinajstić information content (AvgIpc) is 3.32. The molecule has 12 heteroatoms. The number of hydrazone groups is 1. The van der Waals surface area contributed by atoms with E-state index in [4.69, 9.17) is 20.8 Å². The minimum absolute atomic E-state index is 0.0546. The van der Waals surface area contributed by atoms with Crippen molar-refractivity contribution < 1.29 is 27.2 Å². The predicted molar refractivity (Wildman–Crippen MR) is 138 cm³/mol. The zero-order chi connectivity index (χ0) is 26.8. The summed E-state index contributed by atoms with van der Waals surface area (Å²) in [4.78, 5) is 23.5. The van der Waals surface area contributed by atoms with Crippen molar-refractivity contribution in [1.29, 1.82) is 0 Å². The molecule has 0 radical (unpaired) electrons. The number of rotatable bonds is 11. The molecule has 37 heavy (non-hydrogen) atoms. The van der Waals surface area contributed by atoms with Crippen LogP contribution in [0, 0.1) is 6.92 Å². The molecule has 1 heterocycles. The molecule has 3 aromatic rings. The number of ether oxygens (including phenoxy) is 1. The van der Waals surface area contributed by atoms with Crippen LogP contribution in [0.4, 0.5) is 0 Å². The van der Waals surface area contributed by atoms with E-state index in [1.54, 1.807) is 12.1 Å². The molecule has 0 aliphatic heterocycles. The Hall–Kier alpha value is -3.51. The van der Waals surface area contributed by atoms with Gasteiger partial charge in [0, 0.05) is 25.2 Å². The third-order valence-corrected chi connectivity index (χ3v) is 7.16. The maximum absolute atomic E-state index is 13.5. The Morgan fingerprint density at radius 3 is 2.41 bits per heavy atom. The lowest BCUT2D eigenvalue weighted by Gasteiger charge is -2.21. The molecular formula is C25H27ClN4O6S. The summed E-state index contributed by atoms with van der Waals surface area (Å²) in [6, 6.07) is 16.7. The number of benzene rings is 2. The summed E-state index contributed by atoms with van der Waals surface area (Å²) in [7, 11) is -2.42. The highest BCUT2D eigenvalue weighted by Crippen LogP contribution is 2.23. The predicted octanol–water partition coefficient (Wildman–Crippen LogP) is 2.85. The third kappa shape index (κ3) is 8.25. The minimum atomic E-state index is -3.89. The van der Waals surface area contributed by atoms with Gasteiger partial charge in [-0.1, -0.05) is 41.4 Å². The molecule has 0 saturated carbocycles. The van der Waals surface area contributed by atoms with Gasteiger partial charge in [0.05, 0.1) is 24.3 Å². The third-order valence-electron chi connectivity index (χ3n) is 5.10. The zero-order valence-corrected chi connectivity index (χ0v) is 21.9. The van der Waals surface area contributed by atoms with E-state index in [0.29, 0.717) is 10.8 Å². The van der Waals surface area contributed by atoms with Crippen LogP contribution < -0.4 is 10.7 Å². The van der Waals surface area contributed by atoms with Gasteiger partial charge in [0.2, 0.25) is 10.0 Å². The van der Waals surface area contributed by atoms with Gasteiger partial charge >= 0.3 is 11.8 Å². The summed E-state index contributed by atoms with van der Waals surface area (Å²) < 4.78 is 38.7. The largest absolute Gasteiger partial charge is 0.459 e. The molecule has 0 atom stereocenters. The summed E-state index contributed by atoms with van der Waals surface area (Å²) >= 11 is 5.94. The normalized spacial score (nSPS) is 11.7. The second-order valence-corrected chi connectivity index (χ2v) is 10.3. The molecule has 0 saturated heterocycles. The van der Waals surface area contributed by atoms with Crippen molar-refractivity contribution in [2.45, 2.75) is 24.9 Å². The monoisotopic (exact) mass is 546 g/mol. The van der Waals surface area contributed by atoms with Gasteiger partial charge in [0.1, 0.15) is 11.5 Å². The maximum atomic E-state index is 13.5. The van der Waals surface area contributed by atoms with Crippen LogP contribution in [-0.2, 0) is 37.4 Å². The summed E-state index contributed by atoms with van der Waals surface area (Å²) in [5, 5.41) is 6.51. The Labute approximate surface area is 220 Å². The minimum Gasteiger partial charge on any atom is -0.459 e. The molecular weight excluding hydrogens is 520 g/mol. The smallest absolute Gasteiger partial charge is 0.329 e. The van der Waals surface area contributed by atoms with Crippen molar-refractivity contribution in [1.82, 2.24) is 15.0 Å². The number of carbonyl (C=O) groups is 2. The van der Waals surface area contributed by atoms with Gasteiger partial charge in [-0.05, 0) is 48.9 Å². The summed E-state index contributed by atoms with van der Waals surface area (Å²) in [5.74, 6) is -1.19. The average molecular weight is 547 g/mol. The number of hydrogen-bond acceptors (Lipinski definition) is 7. The second kappa shape index (κ2) is 13.2. The highest BCUT2D eigenvalue weighted by Gasteiger charge is 2.26. The number of aryl methyl sites for hydroxylation is 1. The summed E-state index contributed by atoms with van der Waals surface area (Å²) in [5.41, 5.74) is 3.96. The van der Waals surface area contributed by atoms with Crippen molar-refractivity contribution in [3.63, 3.8) is 0 Å². The Kier molecular flexibility index (Phi) is 9.98. The van der Waals surface area contributed by atoms with E-state index in [0.717, 1.165) is 11.1 Å². The molecule has 2 N–H and O–H groups in total. The molecule has 2 aromatic carbocycles. The molecule has 3 rings (SSSR count). The van der Waals surface area contributed by atoms with E-state index >= 15 is 0 Å². The highest BCUT2D eigenvalue weighted by molar-refractivity contribution is 7.89. The van der Waals surface area contributed by atoms with E-state index < -0.39 is 21.8 Å². The van der Waals surface area contributed by atoms with E-state index in [-0.39, 0.29) is 36.9 Å². The van der Waals surface area contributed by atoms with Crippen LogP contribution in [0.5, 0.6) is 0 Å². The van der Waals surface area contributed by atoms with Gasteiger partial charge in [-0.15, -0.1) is 0 Å². The van der Waals surface area contributed by atoms with Gasteiger partial charge < -0.3 is 14.5 Å². The van der Waals surface area contributed by atoms with E-state index in [1.807, 2.05) is 31.2 Å². The van der Waals surface area contributed by atoms with Gasteiger partial charge in [-0.25, -0.2) is 13.8 Å². The Morgan fingerprint density at radius 2 is 1.73 bits per heavy atom. The summed E-state index contributed by atoms with van der Waals surface area (Å²) in [6.45, 7) is 2.47. The van der Waals surface area contributed by atoms with Crippen LogP contribution in [0.15, 0.2) is 75.1 Å². The zero-order valence-electron chi connectivity index (χ0n) is 20.3. The number of amides is 2. The first-order valence-electron chi connectivity index (χ1n) is 11.2. The van der Waals surface area contributed by atoms with Crippen molar-refractivity contribution in [2.24, 2.45) is 5.10 Å². The van der Waals surface area contributed by atoms with Crippen LogP contribution in [0.25, 0.3) is 0 Å². The number of nitrogens with zero attached hydrogens (tertiary/aromatic N) is 2. The van der Waals surface area contributed by atoms with Gasteiger partial charge in [0.25, 0.3) is 0 Å².